The molecule has 3 aromatic heterocycles. The van der Waals surface area contributed by atoms with Crippen molar-refractivity contribution in [3.63, 3.8) is 0 Å². The second-order valence-electron chi connectivity index (χ2n) is 8.84. The van der Waals surface area contributed by atoms with Crippen molar-refractivity contribution in [3.05, 3.63) is 45.1 Å². The minimum absolute atomic E-state index is 0.224. The Hall–Kier alpha value is -0.900. The first-order valence-electron chi connectivity index (χ1n) is 8.80. The van der Waals surface area contributed by atoms with Crippen LogP contribution in [0.2, 0.25) is 0 Å². The van der Waals surface area contributed by atoms with E-state index in [1.165, 1.54) is 40.4 Å². The molecular weight excluding hydrogens is 360 g/mol. The molecule has 3 heteroatoms. The van der Waals surface area contributed by atoms with Crippen molar-refractivity contribution in [1.82, 2.24) is 0 Å². The molecule has 25 heavy (non-hydrogen) atoms. The maximum absolute atomic E-state index is 2.31. The van der Waals surface area contributed by atoms with E-state index in [0.29, 0.717) is 0 Å². The normalized spacial score (nSPS) is 12.8. The lowest BCUT2D eigenvalue weighted by Gasteiger charge is -2.15. The highest BCUT2D eigenvalue weighted by Crippen LogP contribution is 2.47. The van der Waals surface area contributed by atoms with Crippen LogP contribution >= 0.6 is 34.0 Å². The SMILES string of the molecule is Cc1c(-c2ccc(C(C)(C)C)s2)sc(-c2ccc(C(C)(C)C)s2)c1C. The van der Waals surface area contributed by atoms with E-state index in [2.05, 4.69) is 79.7 Å². The third-order valence-corrected chi connectivity index (χ3v) is 9.36. The molecule has 0 spiro atoms. The first kappa shape index (κ1) is 18.9. The smallest absolute Gasteiger partial charge is 0.0481 e. The van der Waals surface area contributed by atoms with Crippen molar-refractivity contribution in [2.24, 2.45) is 0 Å². The average molecular weight is 389 g/mol. The van der Waals surface area contributed by atoms with Gasteiger partial charge in [-0.25, -0.2) is 0 Å². The Morgan fingerprint density at radius 2 is 0.920 bits per heavy atom. The van der Waals surface area contributed by atoms with Crippen LogP contribution in [0.1, 0.15) is 62.4 Å². The molecule has 0 aromatic carbocycles. The van der Waals surface area contributed by atoms with Crippen LogP contribution in [0.25, 0.3) is 19.5 Å². The van der Waals surface area contributed by atoms with Crippen LogP contribution in [-0.4, -0.2) is 0 Å². The molecule has 0 amide bonds. The van der Waals surface area contributed by atoms with Crippen LogP contribution < -0.4 is 0 Å². The molecular formula is C22H28S3. The molecule has 0 fully saturated rings. The predicted molar refractivity (Wildman–Crippen MR) is 118 cm³/mol. The van der Waals surface area contributed by atoms with E-state index in [9.17, 15) is 0 Å². The van der Waals surface area contributed by atoms with E-state index in [-0.39, 0.29) is 10.8 Å². The van der Waals surface area contributed by atoms with Gasteiger partial charge in [-0.05, 0) is 60.1 Å². The summed E-state index contributed by atoms with van der Waals surface area (Å²) in [6.45, 7) is 18.3. The van der Waals surface area contributed by atoms with Gasteiger partial charge in [0.15, 0.2) is 0 Å². The molecule has 134 valence electrons. The Morgan fingerprint density at radius 3 is 1.20 bits per heavy atom. The first-order valence-corrected chi connectivity index (χ1v) is 11.2. The number of rotatable bonds is 2. The quantitative estimate of drug-likeness (QED) is 0.413. The Balaban J connectivity index is 2.04. The van der Waals surface area contributed by atoms with Crippen molar-refractivity contribution >= 4 is 34.0 Å². The summed E-state index contributed by atoms with van der Waals surface area (Å²) >= 11 is 5.86. The van der Waals surface area contributed by atoms with Crippen molar-refractivity contribution in [1.29, 1.82) is 0 Å². The van der Waals surface area contributed by atoms with Gasteiger partial charge < -0.3 is 0 Å². The summed E-state index contributed by atoms with van der Waals surface area (Å²) in [7, 11) is 0. The van der Waals surface area contributed by atoms with Gasteiger partial charge in [0.25, 0.3) is 0 Å². The van der Waals surface area contributed by atoms with E-state index in [0.717, 1.165) is 0 Å². The molecule has 0 nitrogen and oxygen atoms in total. The average Bonchev–Trinajstić information content (AvgIpc) is 3.18. The zero-order chi connectivity index (χ0) is 18.6. The fourth-order valence-electron chi connectivity index (χ4n) is 2.79. The highest BCUT2D eigenvalue weighted by Gasteiger charge is 2.22. The Bertz CT molecular complexity index is 816. The fraction of sp³-hybridized carbons (Fsp3) is 0.455. The number of hydrogen-bond donors (Lipinski definition) is 0. The molecule has 0 radical (unpaired) electrons. The lowest BCUT2D eigenvalue weighted by molar-refractivity contribution is 0.603. The summed E-state index contributed by atoms with van der Waals surface area (Å²) in [5.74, 6) is 0. The summed E-state index contributed by atoms with van der Waals surface area (Å²) in [5.41, 5.74) is 3.32. The molecule has 0 saturated carbocycles. The van der Waals surface area contributed by atoms with Crippen LogP contribution in [0.15, 0.2) is 24.3 Å². The molecule has 0 unspecified atom stereocenters. The molecule has 0 saturated heterocycles. The lowest BCUT2D eigenvalue weighted by atomic mass is 9.95. The van der Waals surface area contributed by atoms with Gasteiger partial charge in [0, 0.05) is 29.3 Å². The number of thiophene rings is 3. The van der Waals surface area contributed by atoms with Gasteiger partial charge in [0.1, 0.15) is 0 Å². The van der Waals surface area contributed by atoms with Gasteiger partial charge in [0.05, 0.1) is 0 Å². The Kier molecular flexibility index (Phi) is 4.81. The maximum atomic E-state index is 2.31. The van der Waals surface area contributed by atoms with E-state index in [1.54, 1.807) is 0 Å². The third kappa shape index (κ3) is 3.65. The molecule has 3 aromatic rings. The molecule has 0 aliphatic carbocycles. The first-order chi connectivity index (χ1) is 11.5. The van der Waals surface area contributed by atoms with Gasteiger partial charge in [-0.2, -0.15) is 0 Å². The maximum Gasteiger partial charge on any atom is 0.0481 e. The summed E-state index contributed by atoms with van der Waals surface area (Å²) in [6.07, 6.45) is 0. The van der Waals surface area contributed by atoms with Gasteiger partial charge in [0.2, 0.25) is 0 Å². The van der Waals surface area contributed by atoms with Crippen LogP contribution in [0, 0.1) is 13.8 Å². The van der Waals surface area contributed by atoms with Crippen molar-refractivity contribution < 1.29 is 0 Å². The highest BCUT2D eigenvalue weighted by atomic mass is 32.1. The summed E-state index contributed by atoms with van der Waals surface area (Å²) in [5, 5.41) is 0. The third-order valence-electron chi connectivity index (χ3n) is 4.59. The minimum Gasteiger partial charge on any atom is -0.139 e. The zero-order valence-corrected chi connectivity index (χ0v) is 19.0. The van der Waals surface area contributed by atoms with Crippen LogP contribution in [0.4, 0.5) is 0 Å². The fourth-order valence-corrected chi connectivity index (χ4v) is 6.57. The van der Waals surface area contributed by atoms with E-state index < -0.39 is 0 Å². The second-order valence-corrected chi connectivity index (χ2v) is 12.0. The molecule has 0 atom stereocenters. The second kappa shape index (κ2) is 6.37. The number of hydrogen-bond acceptors (Lipinski definition) is 3. The molecule has 3 heterocycles. The summed E-state index contributed by atoms with van der Waals surface area (Å²) < 4.78 is 0. The van der Waals surface area contributed by atoms with Crippen LogP contribution in [-0.2, 0) is 10.8 Å². The zero-order valence-electron chi connectivity index (χ0n) is 16.5. The van der Waals surface area contributed by atoms with E-state index >= 15 is 0 Å². The summed E-state index contributed by atoms with van der Waals surface area (Å²) in [4.78, 5) is 8.63. The van der Waals surface area contributed by atoms with Crippen LogP contribution in [0.5, 0.6) is 0 Å². The standard InChI is InChI=1S/C22H28S3/c1-13-14(2)20(16-10-12-18(24-16)22(6,7)8)25-19(13)15-9-11-17(23-15)21(3,4)5/h9-12H,1-8H3. The molecule has 0 N–H and O–H groups in total. The van der Waals surface area contributed by atoms with Crippen molar-refractivity contribution in [2.75, 3.05) is 0 Å². The van der Waals surface area contributed by atoms with Gasteiger partial charge in [-0.15, -0.1) is 34.0 Å². The van der Waals surface area contributed by atoms with Crippen molar-refractivity contribution in [3.8, 4) is 19.5 Å². The predicted octanol–water partition coefficient (Wildman–Crippen LogP) is 8.42. The molecule has 0 aliphatic heterocycles. The Morgan fingerprint density at radius 1 is 0.560 bits per heavy atom. The van der Waals surface area contributed by atoms with Gasteiger partial charge in [-0.1, -0.05) is 41.5 Å². The topological polar surface area (TPSA) is 0 Å². The lowest BCUT2D eigenvalue weighted by Crippen LogP contribution is -2.07. The van der Waals surface area contributed by atoms with Gasteiger partial charge in [-0.3, -0.25) is 0 Å². The van der Waals surface area contributed by atoms with E-state index in [1.807, 2.05) is 34.0 Å². The minimum atomic E-state index is 0.224. The molecule has 0 bridgehead atoms. The van der Waals surface area contributed by atoms with E-state index in [4.69, 9.17) is 0 Å². The molecule has 3 rings (SSSR count). The van der Waals surface area contributed by atoms with Gasteiger partial charge >= 0.3 is 0 Å². The molecule has 0 aliphatic rings. The Labute approximate surface area is 164 Å². The highest BCUT2D eigenvalue weighted by molar-refractivity contribution is 7.26. The largest absolute Gasteiger partial charge is 0.139 e. The van der Waals surface area contributed by atoms with Crippen molar-refractivity contribution in [2.45, 2.75) is 66.2 Å². The summed E-state index contributed by atoms with van der Waals surface area (Å²) in [6, 6.07) is 9.22. The van der Waals surface area contributed by atoms with Crippen LogP contribution in [0.3, 0.4) is 0 Å². The monoisotopic (exact) mass is 388 g/mol.